The van der Waals surface area contributed by atoms with Gasteiger partial charge in [0.2, 0.25) is 0 Å². The van der Waals surface area contributed by atoms with Crippen molar-refractivity contribution in [1.29, 1.82) is 0 Å². The van der Waals surface area contributed by atoms with Crippen molar-refractivity contribution in [2.75, 3.05) is 0 Å². The standard InChI is InChI=1S/C11H8F2N2S/c1-6-10(14-5-15-11(6)16)8-3-2-7(12)4-9(8)13/h2-5H,1H3,(H,14,15,16). The molecule has 0 saturated heterocycles. The number of H-pyrrole nitrogens is 1. The minimum atomic E-state index is -0.625. The van der Waals surface area contributed by atoms with Crippen LogP contribution in [0.5, 0.6) is 0 Å². The zero-order valence-electron chi connectivity index (χ0n) is 8.42. The van der Waals surface area contributed by atoms with Crippen molar-refractivity contribution in [3.8, 4) is 11.3 Å². The van der Waals surface area contributed by atoms with Crippen molar-refractivity contribution >= 4 is 12.2 Å². The predicted molar refractivity (Wildman–Crippen MR) is 59.5 cm³/mol. The van der Waals surface area contributed by atoms with E-state index in [1.807, 2.05) is 0 Å². The Morgan fingerprint density at radius 3 is 2.75 bits per heavy atom. The molecule has 2 nitrogen and oxygen atoms in total. The Balaban J connectivity index is 2.68. The van der Waals surface area contributed by atoms with Crippen LogP contribution in [0.4, 0.5) is 8.78 Å². The molecule has 0 amide bonds. The third kappa shape index (κ3) is 1.86. The van der Waals surface area contributed by atoms with E-state index in [0.717, 1.165) is 6.07 Å². The molecular formula is C11H8F2N2S. The van der Waals surface area contributed by atoms with Gasteiger partial charge in [-0.25, -0.2) is 13.8 Å². The van der Waals surface area contributed by atoms with E-state index in [1.165, 1.54) is 18.5 Å². The molecule has 0 atom stereocenters. The zero-order valence-corrected chi connectivity index (χ0v) is 9.24. The normalized spacial score (nSPS) is 10.4. The van der Waals surface area contributed by atoms with E-state index in [9.17, 15) is 8.78 Å². The van der Waals surface area contributed by atoms with Crippen LogP contribution in [0.3, 0.4) is 0 Å². The number of nitrogens with zero attached hydrogens (tertiary/aromatic N) is 1. The van der Waals surface area contributed by atoms with Crippen LogP contribution >= 0.6 is 12.2 Å². The van der Waals surface area contributed by atoms with Gasteiger partial charge in [0.25, 0.3) is 0 Å². The van der Waals surface area contributed by atoms with Crippen LogP contribution in [0.15, 0.2) is 24.5 Å². The fraction of sp³-hybridized carbons (Fsp3) is 0.0909. The molecule has 0 spiro atoms. The summed E-state index contributed by atoms with van der Waals surface area (Å²) in [5.41, 5.74) is 1.48. The van der Waals surface area contributed by atoms with Crippen LogP contribution in [0.2, 0.25) is 0 Å². The number of rotatable bonds is 1. The predicted octanol–water partition coefficient (Wildman–Crippen LogP) is 3.39. The lowest BCUT2D eigenvalue weighted by Crippen LogP contribution is -1.94. The first-order valence-corrected chi connectivity index (χ1v) is 5.00. The maximum absolute atomic E-state index is 13.5. The molecule has 5 heteroatoms. The summed E-state index contributed by atoms with van der Waals surface area (Å²) in [5.74, 6) is -1.23. The molecule has 2 aromatic rings. The van der Waals surface area contributed by atoms with E-state index in [0.29, 0.717) is 15.9 Å². The van der Waals surface area contributed by atoms with Crippen LogP contribution in [0.1, 0.15) is 5.56 Å². The van der Waals surface area contributed by atoms with E-state index in [4.69, 9.17) is 12.2 Å². The molecule has 82 valence electrons. The van der Waals surface area contributed by atoms with Crippen LogP contribution in [0.25, 0.3) is 11.3 Å². The maximum atomic E-state index is 13.5. The Kier molecular flexibility index (Phi) is 2.78. The van der Waals surface area contributed by atoms with Crippen molar-refractivity contribution < 1.29 is 8.78 Å². The zero-order chi connectivity index (χ0) is 11.7. The van der Waals surface area contributed by atoms with Crippen molar-refractivity contribution in [3.63, 3.8) is 0 Å². The first-order valence-electron chi connectivity index (χ1n) is 4.59. The summed E-state index contributed by atoms with van der Waals surface area (Å²) in [6.07, 6.45) is 1.40. The first-order chi connectivity index (χ1) is 7.59. The summed E-state index contributed by atoms with van der Waals surface area (Å²) in [6.45, 7) is 1.74. The third-order valence-electron chi connectivity index (χ3n) is 2.29. The molecular weight excluding hydrogens is 230 g/mol. The number of aromatic nitrogens is 2. The van der Waals surface area contributed by atoms with Gasteiger partial charge in [-0.15, -0.1) is 0 Å². The monoisotopic (exact) mass is 238 g/mol. The second-order valence-electron chi connectivity index (χ2n) is 3.33. The quantitative estimate of drug-likeness (QED) is 0.771. The van der Waals surface area contributed by atoms with E-state index in [1.54, 1.807) is 6.92 Å². The fourth-order valence-corrected chi connectivity index (χ4v) is 1.59. The molecule has 0 saturated carbocycles. The second-order valence-corrected chi connectivity index (χ2v) is 3.72. The Labute approximate surface area is 96.0 Å². The molecule has 1 aromatic carbocycles. The number of benzene rings is 1. The van der Waals surface area contributed by atoms with Gasteiger partial charge < -0.3 is 4.98 Å². The highest BCUT2D eigenvalue weighted by molar-refractivity contribution is 7.71. The van der Waals surface area contributed by atoms with Crippen LogP contribution in [-0.2, 0) is 0 Å². The summed E-state index contributed by atoms with van der Waals surface area (Å²) in [7, 11) is 0. The van der Waals surface area contributed by atoms with E-state index in [-0.39, 0.29) is 5.56 Å². The van der Waals surface area contributed by atoms with Gasteiger partial charge in [0, 0.05) is 17.2 Å². The SMILES string of the molecule is Cc1c(-c2ccc(F)cc2F)[nH]cnc1=S. The molecule has 1 aromatic heterocycles. The largest absolute Gasteiger partial charge is 0.345 e. The molecule has 0 aliphatic heterocycles. The van der Waals surface area contributed by atoms with Crippen LogP contribution in [0, 0.1) is 23.2 Å². The minimum absolute atomic E-state index is 0.285. The number of aromatic amines is 1. The van der Waals surface area contributed by atoms with Crippen LogP contribution < -0.4 is 0 Å². The molecule has 0 unspecified atom stereocenters. The van der Waals surface area contributed by atoms with Gasteiger partial charge >= 0.3 is 0 Å². The summed E-state index contributed by atoms with van der Waals surface area (Å²) < 4.78 is 26.7. The number of halogens is 2. The molecule has 1 heterocycles. The molecule has 0 aliphatic rings. The van der Waals surface area contributed by atoms with Gasteiger partial charge in [-0.05, 0) is 19.1 Å². The first kappa shape index (κ1) is 10.9. The highest BCUT2D eigenvalue weighted by Crippen LogP contribution is 2.24. The van der Waals surface area contributed by atoms with E-state index < -0.39 is 11.6 Å². The number of hydrogen-bond donors (Lipinski definition) is 1. The minimum Gasteiger partial charge on any atom is -0.345 e. The lowest BCUT2D eigenvalue weighted by atomic mass is 10.1. The van der Waals surface area contributed by atoms with E-state index in [2.05, 4.69) is 9.97 Å². The van der Waals surface area contributed by atoms with Crippen molar-refractivity contribution in [2.45, 2.75) is 6.92 Å². The van der Waals surface area contributed by atoms with Crippen molar-refractivity contribution in [1.82, 2.24) is 9.97 Å². The van der Waals surface area contributed by atoms with Crippen LogP contribution in [-0.4, -0.2) is 9.97 Å². The summed E-state index contributed by atoms with van der Waals surface area (Å²) in [5, 5.41) is 0. The lowest BCUT2D eigenvalue weighted by Gasteiger charge is -2.06. The summed E-state index contributed by atoms with van der Waals surface area (Å²) in [6, 6.07) is 3.42. The molecule has 2 rings (SSSR count). The van der Waals surface area contributed by atoms with Gasteiger partial charge in [-0.2, -0.15) is 0 Å². The summed E-state index contributed by atoms with van der Waals surface area (Å²) >= 11 is 4.98. The van der Waals surface area contributed by atoms with Gasteiger partial charge in [0.15, 0.2) is 0 Å². The Morgan fingerprint density at radius 1 is 1.31 bits per heavy atom. The second kappa shape index (κ2) is 4.09. The van der Waals surface area contributed by atoms with Gasteiger partial charge in [0.1, 0.15) is 16.3 Å². The lowest BCUT2D eigenvalue weighted by molar-refractivity contribution is 0.585. The van der Waals surface area contributed by atoms with Gasteiger partial charge in [-0.1, -0.05) is 12.2 Å². The molecule has 1 N–H and O–H groups in total. The molecule has 16 heavy (non-hydrogen) atoms. The number of hydrogen-bond acceptors (Lipinski definition) is 2. The van der Waals surface area contributed by atoms with E-state index >= 15 is 0 Å². The molecule has 0 bridgehead atoms. The van der Waals surface area contributed by atoms with Gasteiger partial charge in [-0.3, -0.25) is 0 Å². The van der Waals surface area contributed by atoms with Gasteiger partial charge in [0.05, 0.1) is 12.0 Å². The van der Waals surface area contributed by atoms with Crippen molar-refractivity contribution in [2.24, 2.45) is 0 Å². The number of nitrogens with one attached hydrogen (secondary N) is 1. The fourth-order valence-electron chi connectivity index (χ4n) is 1.44. The third-order valence-corrected chi connectivity index (χ3v) is 2.70. The molecule has 0 fully saturated rings. The Bertz CT molecular complexity index is 593. The molecule has 0 aliphatic carbocycles. The Hall–Kier alpha value is -1.62. The maximum Gasteiger partial charge on any atom is 0.135 e. The Morgan fingerprint density at radius 2 is 2.06 bits per heavy atom. The summed E-state index contributed by atoms with van der Waals surface area (Å²) in [4.78, 5) is 6.69. The highest BCUT2D eigenvalue weighted by Gasteiger charge is 2.09. The average molecular weight is 238 g/mol. The average Bonchev–Trinajstić information content (AvgIpc) is 2.23. The highest BCUT2D eigenvalue weighted by atomic mass is 32.1. The van der Waals surface area contributed by atoms with Crippen molar-refractivity contribution in [3.05, 3.63) is 46.4 Å². The molecule has 0 radical (unpaired) electrons. The topological polar surface area (TPSA) is 28.7 Å². The smallest absolute Gasteiger partial charge is 0.135 e.